The molecule has 0 radical (unpaired) electrons. The molecule has 1 aliphatic rings. The summed E-state index contributed by atoms with van der Waals surface area (Å²) in [4.78, 5) is 0. The zero-order valence-corrected chi connectivity index (χ0v) is 13.4. The second-order valence-electron chi connectivity index (χ2n) is 5.00. The first-order chi connectivity index (χ1) is 9.79. The first-order valence-electron chi connectivity index (χ1n) is 6.98. The minimum atomic E-state index is 0.323. The van der Waals surface area contributed by atoms with Gasteiger partial charge in [0.1, 0.15) is 5.75 Å². The van der Waals surface area contributed by atoms with Crippen molar-refractivity contribution in [3.63, 3.8) is 0 Å². The molecule has 0 aliphatic heterocycles. The molecule has 1 aromatic rings. The fourth-order valence-electron chi connectivity index (χ4n) is 1.83. The van der Waals surface area contributed by atoms with Crippen LogP contribution < -0.4 is 10.1 Å². The molecule has 4 nitrogen and oxygen atoms in total. The number of nitrogens with one attached hydrogen (secondary N) is 1. The Balaban J connectivity index is 1.78. The van der Waals surface area contributed by atoms with E-state index in [-0.39, 0.29) is 0 Å². The molecule has 1 aliphatic carbocycles. The van der Waals surface area contributed by atoms with Crippen molar-refractivity contribution in [1.82, 2.24) is 5.32 Å². The van der Waals surface area contributed by atoms with Gasteiger partial charge >= 0.3 is 0 Å². The summed E-state index contributed by atoms with van der Waals surface area (Å²) < 4.78 is 17.3. The van der Waals surface area contributed by atoms with Crippen molar-refractivity contribution in [3.8, 4) is 5.75 Å². The molecular formula is C15H22BrNO3. The Morgan fingerprint density at radius 2 is 2.20 bits per heavy atom. The second kappa shape index (κ2) is 8.62. The highest BCUT2D eigenvalue weighted by atomic mass is 79.9. The topological polar surface area (TPSA) is 39.7 Å². The van der Waals surface area contributed by atoms with E-state index in [1.807, 2.05) is 12.1 Å². The van der Waals surface area contributed by atoms with Gasteiger partial charge < -0.3 is 19.5 Å². The fraction of sp³-hybridized carbons (Fsp3) is 0.600. The van der Waals surface area contributed by atoms with E-state index < -0.39 is 0 Å². The molecular weight excluding hydrogens is 322 g/mol. The summed E-state index contributed by atoms with van der Waals surface area (Å²) in [6, 6.07) is 6.02. The third kappa shape index (κ3) is 5.79. The lowest BCUT2D eigenvalue weighted by Gasteiger charge is -2.13. The van der Waals surface area contributed by atoms with Gasteiger partial charge in [-0.05, 0) is 37.0 Å². The molecule has 1 fully saturated rings. The molecule has 0 bridgehead atoms. The fourth-order valence-corrected chi connectivity index (χ4v) is 2.24. The van der Waals surface area contributed by atoms with Crippen LogP contribution in [0.4, 0.5) is 0 Å². The van der Waals surface area contributed by atoms with Crippen LogP contribution in [0.2, 0.25) is 0 Å². The lowest BCUT2D eigenvalue weighted by molar-refractivity contribution is 0.00940. The molecule has 0 unspecified atom stereocenters. The van der Waals surface area contributed by atoms with E-state index in [1.165, 1.54) is 12.8 Å². The Kier molecular flexibility index (Phi) is 6.79. The zero-order chi connectivity index (χ0) is 14.2. The lowest BCUT2D eigenvalue weighted by Crippen LogP contribution is -2.19. The molecule has 0 saturated heterocycles. The summed E-state index contributed by atoms with van der Waals surface area (Å²) in [7, 11) is 1.70. The van der Waals surface area contributed by atoms with Crippen LogP contribution in [0.15, 0.2) is 22.7 Å². The van der Waals surface area contributed by atoms with Gasteiger partial charge in [0.05, 0.1) is 13.2 Å². The number of halogens is 1. The van der Waals surface area contributed by atoms with Crippen molar-refractivity contribution in [1.29, 1.82) is 0 Å². The number of benzene rings is 1. The molecule has 0 aromatic heterocycles. The predicted molar refractivity (Wildman–Crippen MR) is 81.9 cm³/mol. The molecule has 0 heterocycles. The van der Waals surface area contributed by atoms with Crippen molar-refractivity contribution in [2.75, 3.05) is 33.7 Å². The molecule has 0 spiro atoms. The van der Waals surface area contributed by atoms with Crippen LogP contribution in [-0.2, 0) is 16.0 Å². The third-order valence-corrected chi connectivity index (χ3v) is 3.66. The van der Waals surface area contributed by atoms with E-state index in [0.717, 1.165) is 41.4 Å². The van der Waals surface area contributed by atoms with Gasteiger partial charge in [0.2, 0.25) is 0 Å². The molecule has 0 amide bonds. The third-order valence-electron chi connectivity index (χ3n) is 3.17. The van der Waals surface area contributed by atoms with Gasteiger partial charge in [0.15, 0.2) is 6.79 Å². The van der Waals surface area contributed by atoms with Gasteiger partial charge in [-0.15, -0.1) is 0 Å². The standard InChI is InChI=1S/C15H22BrNO3/c1-18-7-6-17-9-13-8-14(16)4-5-15(13)20-11-19-10-12-2-3-12/h4-5,8,12,17H,2-3,6-7,9-11H2,1H3. The van der Waals surface area contributed by atoms with E-state index in [4.69, 9.17) is 14.2 Å². The number of hydrogen-bond acceptors (Lipinski definition) is 4. The minimum Gasteiger partial charge on any atom is -0.467 e. The molecule has 1 aromatic carbocycles. The average molecular weight is 344 g/mol. The largest absolute Gasteiger partial charge is 0.467 e. The minimum absolute atomic E-state index is 0.323. The van der Waals surface area contributed by atoms with Gasteiger partial charge in [-0.2, -0.15) is 0 Å². The average Bonchev–Trinajstić information content (AvgIpc) is 3.26. The maximum absolute atomic E-state index is 5.71. The Labute approximate surface area is 128 Å². The van der Waals surface area contributed by atoms with Gasteiger partial charge in [-0.3, -0.25) is 0 Å². The van der Waals surface area contributed by atoms with Crippen molar-refractivity contribution in [2.45, 2.75) is 19.4 Å². The van der Waals surface area contributed by atoms with Gasteiger partial charge in [-0.1, -0.05) is 15.9 Å². The van der Waals surface area contributed by atoms with Crippen LogP contribution in [0.25, 0.3) is 0 Å². The summed E-state index contributed by atoms with van der Waals surface area (Å²) >= 11 is 3.49. The Hall–Kier alpha value is -0.620. The molecule has 5 heteroatoms. The SMILES string of the molecule is COCCNCc1cc(Br)ccc1OCOCC1CC1. The van der Waals surface area contributed by atoms with Gasteiger partial charge in [0, 0.05) is 30.2 Å². The van der Waals surface area contributed by atoms with E-state index in [1.54, 1.807) is 7.11 Å². The Bertz CT molecular complexity index is 410. The summed E-state index contributed by atoms with van der Waals surface area (Å²) in [5.74, 6) is 1.63. The molecule has 112 valence electrons. The highest BCUT2D eigenvalue weighted by Gasteiger charge is 2.21. The maximum Gasteiger partial charge on any atom is 0.189 e. The van der Waals surface area contributed by atoms with E-state index >= 15 is 0 Å². The Morgan fingerprint density at radius 3 is 2.95 bits per heavy atom. The van der Waals surface area contributed by atoms with E-state index in [0.29, 0.717) is 13.4 Å². The number of hydrogen-bond donors (Lipinski definition) is 1. The smallest absolute Gasteiger partial charge is 0.189 e. The van der Waals surface area contributed by atoms with Crippen molar-refractivity contribution >= 4 is 15.9 Å². The van der Waals surface area contributed by atoms with Crippen LogP contribution in [0.5, 0.6) is 5.75 Å². The predicted octanol–water partition coefficient (Wildman–Crippen LogP) is 2.95. The van der Waals surface area contributed by atoms with Crippen LogP contribution >= 0.6 is 15.9 Å². The van der Waals surface area contributed by atoms with Crippen LogP contribution in [0.3, 0.4) is 0 Å². The summed E-state index contributed by atoms with van der Waals surface area (Å²) in [6.07, 6.45) is 2.60. The molecule has 1 N–H and O–H groups in total. The van der Waals surface area contributed by atoms with Gasteiger partial charge in [0.25, 0.3) is 0 Å². The second-order valence-corrected chi connectivity index (χ2v) is 5.91. The quantitative estimate of drug-likeness (QED) is 0.523. The van der Waals surface area contributed by atoms with Crippen LogP contribution in [0, 0.1) is 5.92 Å². The molecule has 2 rings (SSSR count). The zero-order valence-electron chi connectivity index (χ0n) is 11.9. The number of ether oxygens (including phenoxy) is 3. The highest BCUT2D eigenvalue weighted by molar-refractivity contribution is 9.10. The Morgan fingerprint density at radius 1 is 1.35 bits per heavy atom. The summed E-state index contributed by atoms with van der Waals surface area (Å²) in [5, 5.41) is 3.32. The van der Waals surface area contributed by atoms with E-state index in [9.17, 15) is 0 Å². The highest BCUT2D eigenvalue weighted by Crippen LogP contribution is 2.29. The summed E-state index contributed by atoms with van der Waals surface area (Å²) in [6.45, 7) is 3.41. The molecule has 0 atom stereocenters. The first-order valence-corrected chi connectivity index (χ1v) is 7.77. The van der Waals surface area contributed by atoms with Crippen LogP contribution in [-0.4, -0.2) is 33.7 Å². The maximum atomic E-state index is 5.71. The number of methoxy groups -OCH3 is 1. The van der Waals surface area contributed by atoms with Crippen molar-refractivity contribution < 1.29 is 14.2 Å². The molecule has 20 heavy (non-hydrogen) atoms. The summed E-state index contributed by atoms with van der Waals surface area (Å²) in [5.41, 5.74) is 1.12. The van der Waals surface area contributed by atoms with Crippen molar-refractivity contribution in [3.05, 3.63) is 28.2 Å². The monoisotopic (exact) mass is 343 g/mol. The van der Waals surface area contributed by atoms with Crippen LogP contribution in [0.1, 0.15) is 18.4 Å². The van der Waals surface area contributed by atoms with Crippen molar-refractivity contribution in [2.24, 2.45) is 5.92 Å². The van der Waals surface area contributed by atoms with E-state index in [2.05, 4.69) is 27.3 Å². The molecule has 1 saturated carbocycles. The van der Waals surface area contributed by atoms with Gasteiger partial charge in [-0.25, -0.2) is 0 Å². The first kappa shape index (κ1) is 15.8. The lowest BCUT2D eigenvalue weighted by atomic mass is 10.2. The normalized spacial score (nSPS) is 14.5. The number of rotatable bonds is 10.